The highest BCUT2D eigenvalue weighted by atomic mass is 19.3. The van der Waals surface area contributed by atoms with Crippen molar-refractivity contribution in [2.75, 3.05) is 5.32 Å². The third kappa shape index (κ3) is 3.02. The average Bonchev–Trinajstić information content (AvgIpc) is 3.27. The molecule has 5 rings (SSSR count). The summed E-state index contributed by atoms with van der Waals surface area (Å²) in [4.78, 5) is 13.4. The lowest BCUT2D eigenvalue weighted by atomic mass is 9.92. The maximum absolute atomic E-state index is 13.3. The molecule has 8 heteroatoms. The number of allylic oxidation sites excluding steroid dienone is 1. The molecule has 3 aromatic rings. The summed E-state index contributed by atoms with van der Waals surface area (Å²) < 4.78 is 28.5. The van der Waals surface area contributed by atoms with Crippen LogP contribution in [-0.2, 0) is 6.42 Å². The van der Waals surface area contributed by atoms with Crippen LogP contribution in [0.5, 0.6) is 0 Å². The van der Waals surface area contributed by atoms with Crippen molar-refractivity contribution in [1.82, 2.24) is 24.6 Å². The first-order valence-corrected chi connectivity index (χ1v) is 9.51. The molecule has 0 saturated heterocycles. The zero-order valence-corrected chi connectivity index (χ0v) is 15.5. The first-order valence-electron chi connectivity index (χ1n) is 9.51. The fourth-order valence-electron chi connectivity index (χ4n) is 3.92. The molecule has 0 spiro atoms. The molecule has 0 unspecified atom stereocenters. The van der Waals surface area contributed by atoms with E-state index in [0.717, 1.165) is 33.9 Å². The van der Waals surface area contributed by atoms with E-state index in [0.29, 0.717) is 25.2 Å². The molecule has 28 heavy (non-hydrogen) atoms. The lowest BCUT2D eigenvalue weighted by Crippen LogP contribution is -2.32. The van der Waals surface area contributed by atoms with Gasteiger partial charge < -0.3 is 5.32 Å². The first kappa shape index (κ1) is 17.2. The van der Waals surface area contributed by atoms with Gasteiger partial charge in [-0.3, -0.25) is 0 Å². The van der Waals surface area contributed by atoms with E-state index in [2.05, 4.69) is 31.4 Å². The van der Waals surface area contributed by atoms with Crippen LogP contribution >= 0.6 is 0 Å². The van der Waals surface area contributed by atoms with Crippen LogP contribution in [0.2, 0.25) is 0 Å². The first-order chi connectivity index (χ1) is 13.5. The lowest BCUT2D eigenvalue weighted by molar-refractivity contribution is -0.0361. The van der Waals surface area contributed by atoms with Gasteiger partial charge in [0.2, 0.25) is 11.9 Å². The summed E-state index contributed by atoms with van der Waals surface area (Å²) in [7, 11) is 0. The third-order valence-corrected chi connectivity index (χ3v) is 5.52. The Bertz CT molecular complexity index is 1080. The van der Waals surface area contributed by atoms with Crippen molar-refractivity contribution in [2.45, 2.75) is 51.0 Å². The van der Waals surface area contributed by atoms with Gasteiger partial charge in [0.1, 0.15) is 0 Å². The van der Waals surface area contributed by atoms with Gasteiger partial charge in [0.05, 0.1) is 23.3 Å². The number of hydrogen-bond donors (Lipinski definition) is 1. The Balaban J connectivity index is 1.36. The molecule has 0 atom stereocenters. The normalized spacial score (nSPS) is 18.9. The number of halogens is 2. The van der Waals surface area contributed by atoms with Gasteiger partial charge in [-0.2, -0.15) is 5.10 Å². The molecule has 3 aromatic heterocycles. The van der Waals surface area contributed by atoms with E-state index >= 15 is 0 Å². The van der Waals surface area contributed by atoms with Crippen molar-refractivity contribution in [3.05, 3.63) is 53.2 Å². The van der Waals surface area contributed by atoms with Crippen molar-refractivity contribution in [3.63, 3.8) is 0 Å². The zero-order chi connectivity index (χ0) is 19.3. The maximum atomic E-state index is 13.3. The maximum Gasteiger partial charge on any atom is 0.248 e. The molecule has 0 bridgehead atoms. The fraction of sp³-hybridized carbons (Fsp3) is 0.400. The molecule has 144 valence electrons. The van der Waals surface area contributed by atoms with Crippen LogP contribution in [0.3, 0.4) is 0 Å². The van der Waals surface area contributed by atoms with Gasteiger partial charge in [0.15, 0.2) is 5.65 Å². The monoisotopic (exact) mass is 382 g/mol. The van der Waals surface area contributed by atoms with E-state index in [-0.39, 0.29) is 18.9 Å². The predicted octanol–water partition coefficient (Wildman–Crippen LogP) is 3.81. The second-order valence-electron chi connectivity index (χ2n) is 7.54. The van der Waals surface area contributed by atoms with Crippen LogP contribution in [-0.4, -0.2) is 36.5 Å². The second-order valence-corrected chi connectivity index (χ2v) is 7.54. The predicted molar refractivity (Wildman–Crippen MR) is 101 cm³/mol. The molecular formula is C20H20F2N6. The number of hydrogen-bond acceptors (Lipinski definition) is 5. The number of alkyl halides is 2. The van der Waals surface area contributed by atoms with Crippen molar-refractivity contribution >= 4 is 17.2 Å². The van der Waals surface area contributed by atoms with Gasteiger partial charge in [0.25, 0.3) is 0 Å². The molecule has 0 aromatic carbocycles. The summed E-state index contributed by atoms with van der Waals surface area (Å²) in [6.07, 6.45) is 7.11. The van der Waals surface area contributed by atoms with E-state index in [1.165, 1.54) is 0 Å². The molecule has 2 aliphatic rings. The van der Waals surface area contributed by atoms with E-state index in [4.69, 9.17) is 0 Å². The standard InChI is InChI=1S/C20H20F2N6/c1-12-10-23-18-5-4-17(27-28(12)18)14-2-3-16-15(14)11-24-19(26-16)25-13-6-8-20(21,22)9-7-13/h2,4-5,10-11,13H,3,6-9H2,1H3,(H,24,25,26). The number of aromatic nitrogens is 5. The van der Waals surface area contributed by atoms with Crippen molar-refractivity contribution < 1.29 is 8.78 Å². The molecule has 0 aliphatic heterocycles. The minimum atomic E-state index is -2.53. The Kier molecular flexibility index (Phi) is 3.89. The molecule has 1 N–H and O–H groups in total. The Hall–Kier alpha value is -2.90. The van der Waals surface area contributed by atoms with Crippen LogP contribution < -0.4 is 5.32 Å². The van der Waals surface area contributed by atoms with E-state index in [1.807, 2.05) is 23.6 Å². The van der Waals surface area contributed by atoms with Crippen LogP contribution in [0.25, 0.3) is 11.2 Å². The van der Waals surface area contributed by atoms with E-state index in [9.17, 15) is 8.78 Å². The zero-order valence-electron chi connectivity index (χ0n) is 15.5. The highest BCUT2D eigenvalue weighted by Crippen LogP contribution is 2.35. The summed E-state index contributed by atoms with van der Waals surface area (Å²) in [5, 5.41) is 7.91. The number of rotatable bonds is 3. The van der Waals surface area contributed by atoms with Crippen LogP contribution in [0, 0.1) is 6.92 Å². The number of nitrogens with zero attached hydrogens (tertiary/aromatic N) is 5. The van der Waals surface area contributed by atoms with Gasteiger partial charge in [-0.05, 0) is 31.9 Å². The number of fused-ring (bicyclic) bond motifs is 2. The summed E-state index contributed by atoms with van der Waals surface area (Å²) in [6, 6.07) is 3.90. The molecule has 0 radical (unpaired) electrons. The minimum Gasteiger partial charge on any atom is -0.351 e. The number of aryl methyl sites for hydroxylation is 1. The van der Waals surface area contributed by atoms with Crippen LogP contribution in [0.15, 0.2) is 30.6 Å². The van der Waals surface area contributed by atoms with Crippen molar-refractivity contribution in [2.24, 2.45) is 0 Å². The number of anilines is 1. The number of nitrogens with one attached hydrogen (secondary N) is 1. The summed E-state index contributed by atoms with van der Waals surface area (Å²) in [6.45, 7) is 1.97. The molecule has 3 heterocycles. The van der Waals surface area contributed by atoms with Crippen LogP contribution in [0.4, 0.5) is 14.7 Å². The lowest BCUT2D eigenvalue weighted by Gasteiger charge is -2.28. The van der Waals surface area contributed by atoms with Gasteiger partial charge in [-0.15, -0.1) is 0 Å². The molecule has 1 fully saturated rings. The third-order valence-electron chi connectivity index (χ3n) is 5.52. The van der Waals surface area contributed by atoms with Gasteiger partial charge >= 0.3 is 0 Å². The van der Waals surface area contributed by atoms with Gasteiger partial charge in [-0.25, -0.2) is 28.2 Å². The summed E-state index contributed by atoms with van der Waals surface area (Å²) in [5.74, 6) is -2.02. The average molecular weight is 382 g/mol. The Morgan fingerprint density at radius 1 is 1.14 bits per heavy atom. The fourth-order valence-corrected chi connectivity index (χ4v) is 3.92. The topological polar surface area (TPSA) is 68.0 Å². The molecule has 1 saturated carbocycles. The van der Waals surface area contributed by atoms with Crippen LogP contribution in [0.1, 0.15) is 48.3 Å². The largest absolute Gasteiger partial charge is 0.351 e. The van der Waals surface area contributed by atoms with Gasteiger partial charge in [-0.1, -0.05) is 6.08 Å². The molecule has 6 nitrogen and oxygen atoms in total. The highest BCUT2D eigenvalue weighted by molar-refractivity contribution is 5.82. The van der Waals surface area contributed by atoms with Gasteiger partial charge in [0, 0.05) is 42.6 Å². The summed E-state index contributed by atoms with van der Waals surface area (Å²) >= 11 is 0. The Labute approximate surface area is 160 Å². The van der Waals surface area contributed by atoms with Crippen molar-refractivity contribution in [1.29, 1.82) is 0 Å². The SMILES string of the molecule is Cc1cnc2ccc(C3=CCc4nc(NC5CCC(F)(F)CC5)ncc43)nn12. The second kappa shape index (κ2) is 6.32. The van der Waals surface area contributed by atoms with E-state index < -0.39 is 5.92 Å². The molecule has 2 aliphatic carbocycles. The summed E-state index contributed by atoms with van der Waals surface area (Å²) in [5.41, 5.74) is 5.54. The highest BCUT2D eigenvalue weighted by Gasteiger charge is 2.35. The van der Waals surface area contributed by atoms with Crippen molar-refractivity contribution in [3.8, 4) is 0 Å². The van der Waals surface area contributed by atoms with E-state index in [1.54, 1.807) is 12.4 Å². The smallest absolute Gasteiger partial charge is 0.248 e. The molecule has 0 amide bonds. The Morgan fingerprint density at radius 2 is 1.96 bits per heavy atom. The minimum absolute atomic E-state index is 0.000187. The Morgan fingerprint density at radius 3 is 2.79 bits per heavy atom. The number of imidazole rings is 1. The quantitative estimate of drug-likeness (QED) is 0.746. The molecular weight excluding hydrogens is 362 g/mol.